The molecule has 0 radical (unpaired) electrons. The number of benzene rings is 2. The molecule has 0 spiro atoms. The fourth-order valence-corrected chi connectivity index (χ4v) is 2.11. The second kappa shape index (κ2) is 6.17. The SMILES string of the molecule is O=C(O)c1ccc(C(Cc2cccc(F)c2)C(=O)O)cc1. The van der Waals surface area contributed by atoms with Crippen LogP contribution in [0.4, 0.5) is 4.39 Å². The van der Waals surface area contributed by atoms with Crippen molar-refractivity contribution in [2.45, 2.75) is 12.3 Å². The molecule has 0 aliphatic carbocycles. The summed E-state index contributed by atoms with van der Waals surface area (Å²) in [6, 6.07) is 11.4. The summed E-state index contributed by atoms with van der Waals surface area (Å²) < 4.78 is 13.2. The maximum absolute atomic E-state index is 13.2. The van der Waals surface area contributed by atoms with Gasteiger partial charge in [-0.1, -0.05) is 24.3 Å². The van der Waals surface area contributed by atoms with Crippen molar-refractivity contribution in [3.8, 4) is 0 Å². The molecule has 0 saturated carbocycles. The normalized spacial score (nSPS) is 11.9. The van der Waals surface area contributed by atoms with Gasteiger partial charge in [0.2, 0.25) is 0 Å². The van der Waals surface area contributed by atoms with Gasteiger partial charge in [0, 0.05) is 0 Å². The Morgan fingerprint density at radius 3 is 2.24 bits per heavy atom. The van der Waals surface area contributed by atoms with Crippen molar-refractivity contribution in [3.63, 3.8) is 0 Å². The van der Waals surface area contributed by atoms with E-state index in [1.165, 1.54) is 42.5 Å². The monoisotopic (exact) mass is 288 g/mol. The molecule has 0 fully saturated rings. The highest BCUT2D eigenvalue weighted by Crippen LogP contribution is 2.22. The van der Waals surface area contributed by atoms with Crippen LogP contribution in [0.3, 0.4) is 0 Å². The van der Waals surface area contributed by atoms with E-state index in [1.54, 1.807) is 6.07 Å². The van der Waals surface area contributed by atoms with E-state index in [4.69, 9.17) is 5.11 Å². The van der Waals surface area contributed by atoms with Crippen LogP contribution < -0.4 is 0 Å². The highest BCUT2D eigenvalue weighted by Gasteiger charge is 2.20. The molecule has 108 valence electrons. The minimum absolute atomic E-state index is 0.0913. The molecular formula is C16H13FO4. The maximum Gasteiger partial charge on any atom is 0.335 e. The van der Waals surface area contributed by atoms with Crippen molar-refractivity contribution in [1.82, 2.24) is 0 Å². The lowest BCUT2D eigenvalue weighted by Crippen LogP contribution is -2.14. The van der Waals surface area contributed by atoms with E-state index in [9.17, 15) is 19.1 Å². The number of rotatable bonds is 5. The van der Waals surface area contributed by atoms with Crippen LogP contribution >= 0.6 is 0 Å². The first-order valence-electron chi connectivity index (χ1n) is 6.28. The summed E-state index contributed by atoms with van der Waals surface area (Å²) in [7, 11) is 0. The van der Waals surface area contributed by atoms with Crippen molar-refractivity contribution in [2.75, 3.05) is 0 Å². The summed E-state index contributed by atoms with van der Waals surface area (Å²) >= 11 is 0. The zero-order valence-electron chi connectivity index (χ0n) is 11.0. The predicted molar refractivity (Wildman–Crippen MR) is 73.9 cm³/mol. The Kier molecular flexibility index (Phi) is 4.33. The smallest absolute Gasteiger partial charge is 0.335 e. The van der Waals surface area contributed by atoms with Crippen LogP contribution in [0, 0.1) is 5.82 Å². The molecule has 2 N–H and O–H groups in total. The van der Waals surface area contributed by atoms with Gasteiger partial charge in [-0.3, -0.25) is 4.79 Å². The molecule has 0 aliphatic heterocycles. The molecule has 1 unspecified atom stereocenters. The largest absolute Gasteiger partial charge is 0.481 e. The summed E-state index contributed by atoms with van der Waals surface area (Å²) in [5, 5.41) is 18.2. The number of carboxylic acids is 2. The van der Waals surface area contributed by atoms with Crippen LogP contribution in [0.25, 0.3) is 0 Å². The van der Waals surface area contributed by atoms with Crippen LogP contribution in [0.2, 0.25) is 0 Å². The molecule has 0 amide bonds. The van der Waals surface area contributed by atoms with Gasteiger partial charge in [-0.25, -0.2) is 9.18 Å². The molecular weight excluding hydrogens is 275 g/mol. The molecule has 0 aliphatic rings. The number of halogens is 1. The van der Waals surface area contributed by atoms with E-state index in [0.717, 1.165) is 0 Å². The zero-order chi connectivity index (χ0) is 15.4. The first kappa shape index (κ1) is 14.7. The molecule has 1 atom stereocenters. The van der Waals surface area contributed by atoms with Gasteiger partial charge >= 0.3 is 11.9 Å². The van der Waals surface area contributed by atoms with E-state index in [2.05, 4.69) is 0 Å². The average molecular weight is 288 g/mol. The van der Waals surface area contributed by atoms with Crippen molar-refractivity contribution in [1.29, 1.82) is 0 Å². The lowest BCUT2D eigenvalue weighted by molar-refractivity contribution is -0.138. The Balaban J connectivity index is 2.26. The molecule has 4 nitrogen and oxygen atoms in total. The van der Waals surface area contributed by atoms with E-state index in [0.29, 0.717) is 11.1 Å². The van der Waals surface area contributed by atoms with E-state index in [1.807, 2.05) is 0 Å². The van der Waals surface area contributed by atoms with Gasteiger partial charge in [0.05, 0.1) is 11.5 Å². The third-order valence-electron chi connectivity index (χ3n) is 3.19. The molecule has 2 rings (SSSR count). The number of carboxylic acid groups (broad SMARTS) is 2. The average Bonchev–Trinajstić information content (AvgIpc) is 2.44. The van der Waals surface area contributed by atoms with E-state index in [-0.39, 0.29) is 12.0 Å². The molecule has 2 aromatic rings. The minimum atomic E-state index is -1.07. The third-order valence-corrected chi connectivity index (χ3v) is 3.19. The third kappa shape index (κ3) is 3.66. The fourth-order valence-electron chi connectivity index (χ4n) is 2.11. The summed E-state index contributed by atoms with van der Waals surface area (Å²) in [5.41, 5.74) is 1.15. The Bertz CT molecular complexity index is 664. The Morgan fingerprint density at radius 2 is 1.71 bits per heavy atom. The number of hydrogen-bond donors (Lipinski definition) is 2. The van der Waals surface area contributed by atoms with Crippen LogP contribution in [-0.2, 0) is 11.2 Å². The molecule has 0 aromatic heterocycles. The quantitative estimate of drug-likeness (QED) is 0.887. The number of aromatic carboxylic acids is 1. The first-order valence-corrected chi connectivity index (χ1v) is 6.28. The highest BCUT2D eigenvalue weighted by molar-refractivity contribution is 5.87. The van der Waals surface area contributed by atoms with Gasteiger partial charge in [-0.05, 0) is 41.8 Å². The van der Waals surface area contributed by atoms with Crippen molar-refractivity contribution in [3.05, 3.63) is 71.0 Å². The molecule has 5 heteroatoms. The lowest BCUT2D eigenvalue weighted by atomic mass is 9.91. The number of carbonyl (C=O) groups is 2. The fraction of sp³-hybridized carbons (Fsp3) is 0.125. The summed E-state index contributed by atoms with van der Waals surface area (Å²) in [4.78, 5) is 22.2. The second-order valence-electron chi connectivity index (χ2n) is 4.65. The van der Waals surface area contributed by atoms with Crippen molar-refractivity contribution in [2.24, 2.45) is 0 Å². The molecule has 21 heavy (non-hydrogen) atoms. The van der Waals surface area contributed by atoms with Crippen LogP contribution in [-0.4, -0.2) is 22.2 Å². The Labute approximate surface area is 120 Å². The molecule has 0 heterocycles. The second-order valence-corrected chi connectivity index (χ2v) is 4.65. The van der Waals surface area contributed by atoms with E-state index < -0.39 is 23.7 Å². The first-order chi connectivity index (χ1) is 9.97. The van der Waals surface area contributed by atoms with Gasteiger partial charge in [-0.2, -0.15) is 0 Å². The Morgan fingerprint density at radius 1 is 1.05 bits per heavy atom. The van der Waals surface area contributed by atoms with Crippen LogP contribution in [0.15, 0.2) is 48.5 Å². The lowest BCUT2D eigenvalue weighted by Gasteiger charge is -2.13. The topological polar surface area (TPSA) is 74.6 Å². The van der Waals surface area contributed by atoms with E-state index >= 15 is 0 Å². The molecule has 2 aromatic carbocycles. The van der Waals surface area contributed by atoms with Gasteiger partial charge in [-0.15, -0.1) is 0 Å². The summed E-state index contributed by atoms with van der Waals surface area (Å²) in [5.74, 6) is -3.38. The summed E-state index contributed by atoms with van der Waals surface area (Å²) in [6.07, 6.45) is 0.138. The molecule has 0 bridgehead atoms. The van der Waals surface area contributed by atoms with Crippen LogP contribution in [0.5, 0.6) is 0 Å². The van der Waals surface area contributed by atoms with Crippen molar-refractivity contribution < 1.29 is 24.2 Å². The zero-order valence-corrected chi connectivity index (χ0v) is 11.0. The Hall–Kier alpha value is -2.69. The standard InChI is InChI=1S/C16H13FO4/c17-13-3-1-2-10(8-13)9-14(16(20)21)11-4-6-12(7-5-11)15(18)19/h1-8,14H,9H2,(H,18,19)(H,20,21). The predicted octanol–water partition coefficient (Wildman–Crippen LogP) is 2.93. The molecule has 0 saturated heterocycles. The van der Waals surface area contributed by atoms with Gasteiger partial charge in [0.25, 0.3) is 0 Å². The number of aliphatic carboxylic acids is 1. The summed E-state index contributed by atoms with van der Waals surface area (Å²) in [6.45, 7) is 0. The maximum atomic E-state index is 13.2. The van der Waals surface area contributed by atoms with Gasteiger partial charge in [0.15, 0.2) is 0 Å². The minimum Gasteiger partial charge on any atom is -0.481 e. The van der Waals surface area contributed by atoms with Gasteiger partial charge < -0.3 is 10.2 Å². The van der Waals surface area contributed by atoms with Crippen LogP contribution in [0.1, 0.15) is 27.4 Å². The highest BCUT2D eigenvalue weighted by atomic mass is 19.1. The number of hydrogen-bond acceptors (Lipinski definition) is 2. The van der Waals surface area contributed by atoms with Gasteiger partial charge in [0.1, 0.15) is 5.82 Å². The van der Waals surface area contributed by atoms with Crippen molar-refractivity contribution >= 4 is 11.9 Å².